The summed E-state index contributed by atoms with van der Waals surface area (Å²) in [5, 5.41) is 4.80. The minimum atomic E-state index is -0.230. The van der Waals surface area contributed by atoms with Gasteiger partial charge in [-0.05, 0) is 64.0 Å². The summed E-state index contributed by atoms with van der Waals surface area (Å²) in [5.74, 6) is -0.271. The molecule has 196 valence electrons. The van der Waals surface area contributed by atoms with Crippen LogP contribution in [0.25, 0.3) is 6.08 Å². The van der Waals surface area contributed by atoms with Gasteiger partial charge in [-0.1, -0.05) is 38.3 Å². The van der Waals surface area contributed by atoms with Gasteiger partial charge in [0.2, 0.25) is 0 Å². The van der Waals surface area contributed by atoms with Crippen LogP contribution in [0.15, 0.2) is 18.2 Å². The Morgan fingerprint density at radius 3 is 2.46 bits per heavy atom. The summed E-state index contributed by atoms with van der Waals surface area (Å²) < 4.78 is 11.7. The van der Waals surface area contributed by atoms with Crippen molar-refractivity contribution in [2.75, 3.05) is 13.7 Å². The molecule has 0 spiro atoms. The molecule has 0 aliphatic carbocycles. The van der Waals surface area contributed by atoms with Gasteiger partial charge in [0.25, 0.3) is 0 Å². The van der Waals surface area contributed by atoms with E-state index in [0.717, 1.165) is 87.7 Å². The van der Waals surface area contributed by atoms with Crippen LogP contribution in [0.1, 0.15) is 101 Å². The van der Waals surface area contributed by atoms with Crippen LogP contribution in [0, 0.1) is 6.92 Å². The molecule has 0 N–H and O–H groups in total. The Hall–Kier alpha value is -2.70. The number of hydrogen-bond donors (Lipinski definition) is 0. The van der Waals surface area contributed by atoms with Crippen LogP contribution in [-0.4, -0.2) is 41.2 Å². The highest BCUT2D eigenvalue weighted by atomic mass is 16.5. The van der Waals surface area contributed by atoms with Gasteiger partial charge in [-0.25, -0.2) is 0 Å². The van der Waals surface area contributed by atoms with Crippen LogP contribution in [0.2, 0.25) is 0 Å². The second-order valence-electron chi connectivity index (χ2n) is 8.83. The first kappa shape index (κ1) is 30.3. The number of carbonyl (C=O) groups is 3. The third-order valence-electron chi connectivity index (χ3n) is 5.85. The van der Waals surface area contributed by atoms with Crippen LogP contribution in [-0.2, 0) is 36.8 Å². The first-order chi connectivity index (χ1) is 16.9. The van der Waals surface area contributed by atoms with Crippen molar-refractivity contribution in [1.29, 1.82) is 0 Å². The predicted molar refractivity (Wildman–Crippen MR) is 139 cm³/mol. The van der Waals surface area contributed by atoms with Crippen LogP contribution in [0.3, 0.4) is 0 Å². The van der Waals surface area contributed by atoms with Gasteiger partial charge in [0.15, 0.2) is 5.78 Å². The summed E-state index contributed by atoms with van der Waals surface area (Å²) in [7, 11) is 1.41. The maximum Gasteiger partial charge on any atom is 0.305 e. The number of allylic oxidation sites excluding steroid dienone is 3. The van der Waals surface area contributed by atoms with E-state index in [-0.39, 0.29) is 17.7 Å². The van der Waals surface area contributed by atoms with E-state index < -0.39 is 0 Å². The molecule has 0 aromatic carbocycles. The third kappa shape index (κ3) is 13.7. The van der Waals surface area contributed by atoms with Gasteiger partial charge in [0.05, 0.1) is 19.4 Å². The number of ketones is 1. The third-order valence-corrected chi connectivity index (χ3v) is 5.85. The van der Waals surface area contributed by atoms with E-state index in [1.165, 1.54) is 14.0 Å². The Bertz CT molecular complexity index is 839. The standard InChI is InChI=1S/C28H44N2O5/c1-5-6-11-16-25(32)19-20-27-26(17-12-7-8-13-18-28(33)34-4)23(2)30(29-27)21-14-9-10-15-22-35-24(3)31/h7,12,19-20H,5-6,8-11,13-18,21-22H2,1-4H3/b12-7-,20-19+. The molecular formula is C28H44N2O5. The summed E-state index contributed by atoms with van der Waals surface area (Å²) in [4.78, 5) is 34.3. The highest BCUT2D eigenvalue weighted by Gasteiger charge is 2.12. The zero-order chi connectivity index (χ0) is 25.9. The Morgan fingerprint density at radius 2 is 1.74 bits per heavy atom. The lowest BCUT2D eigenvalue weighted by Gasteiger charge is -2.05. The smallest absolute Gasteiger partial charge is 0.305 e. The van der Waals surface area contributed by atoms with E-state index in [4.69, 9.17) is 9.84 Å². The van der Waals surface area contributed by atoms with E-state index in [0.29, 0.717) is 19.4 Å². The molecule has 1 heterocycles. The maximum absolute atomic E-state index is 12.2. The number of unbranched alkanes of at least 4 members (excludes halogenated alkanes) is 6. The van der Waals surface area contributed by atoms with Crippen molar-refractivity contribution in [3.8, 4) is 0 Å². The fourth-order valence-electron chi connectivity index (χ4n) is 3.73. The average Bonchev–Trinajstić information content (AvgIpc) is 3.13. The first-order valence-electron chi connectivity index (χ1n) is 13.0. The van der Waals surface area contributed by atoms with Gasteiger partial charge in [-0.3, -0.25) is 19.1 Å². The summed E-state index contributed by atoms with van der Waals surface area (Å²) >= 11 is 0. The molecule has 7 nitrogen and oxygen atoms in total. The van der Waals surface area contributed by atoms with Crippen molar-refractivity contribution in [1.82, 2.24) is 9.78 Å². The SMILES string of the molecule is CCCCCC(=O)/C=C/c1nn(CCCCCCOC(C)=O)c(C)c1C/C=C\CCCC(=O)OC. The molecule has 1 aromatic rings. The van der Waals surface area contributed by atoms with Crippen molar-refractivity contribution in [2.24, 2.45) is 0 Å². The summed E-state index contributed by atoms with van der Waals surface area (Å²) in [5.41, 5.74) is 3.09. The molecule has 1 rings (SSSR count). The first-order valence-corrected chi connectivity index (χ1v) is 13.0. The molecule has 1 aromatic heterocycles. The number of nitrogens with zero attached hydrogens (tertiary/aromatic N) is 2. The monoisotopic (exact) mass is 488 g/mol. The molecule has 0 aliphatic rings. The van der Waals surface area contributed by atoms with Crippen molar-refractivity contribution in [3.05, 3.63) is 35.2 Å². The number of rotatable bonds is 19. The van der Waals surface area contributed by atoms with Crippen molar-refractivity contribution in [3.63, 3.8) is 0 Å². The van der Waals surface area contributed by atoms with Gasteiger partial charge < -0.3 is 9.47 Å². The zero-order valence-electron chi connectivity index (χ0n) is 22.1. The summed E-state index contributed by atoms with van der Waals surface area (Å²) in [6.07, 6.45) is 18.0. The molecule has 35 heavy (non-hydrogen) atoms. The quantitative estimate of drug-likeness (QED) is 0.104. The van der Waals surface area contributed by atoms with Crippen LogP contribution >= 0.6 is 0 Å². The zero-order valence-corrected chi connectivity index (χ0v) is 22.1. The minimum absolute atomic E-state index is 0.141. The Balaban J connectivity index is 2.73. The van der Waals surface area contributed by atoms with Crippen molar-refractivity contribution >= 4 is 23.8 Å². The molecule has 0 amide bonds. The number of hydrogen-bond acceptors (Lipinski definition) is 6. The van der Waals surface area contributed by atoms with E-state index >= 15 is 0 Å². The molecule has 0 saturated heterocycles. The molecule has 0 saturated carbocycles. The predicted octanol–water partition coefficient (Wildman–Crippen LogP) is 5.92. The van der Waals surface area contributed by atoms with Gasteiger partial charge in [0.1, 0.15) is 0 Å². The maximum atomic E-state index is 12.2. The lowest BCUT2D eigenvalue weighted by Crippen LogP contribution is -2.04. The van der Waals surface area contributed by atoms with Crippen LogP contribution in [0.5, 0.6) is 0 Å². The normalized spacial score (nSPS) is 11.4. The molecular weight excluding hydrogens is 444 g/mol. The van der Waals surface area contributed by atoms with E-state index in [1.807, 2.05) is 10.8 Å². The van der Waals surface area contributed by atoms with Gasteiger partial charge in [-0.15, -0.1) is 0 Å². The van der Waals surface area contributed by atoms with Gasteiger partial charge in [-0.2, -0.15) is 5.10 Å². The lowest BCUT2D eigenvalue weighted by molar-refractivity contribution is -0.141. The van der Waals surface area contributed by atoms with E-state index in [2.05, 4.69) is 30.7 Å². The van der Waals surface area contributed by atoms with Crippen molar-refractivity contribution < 1.29 is 23.9 Å². The van der Waals surface area contributed by atoms with E-state index in [9.17, 15) is 14.4 Å². The minimum Gasteiger partial charge on any atom is -0.469 e. The molecule has 0 aliphatic heterocycles. The van der Waals surface area contributed by atoms with Gasteiger partial charge in [0, 0.05) is 37.6 Å². The fourth-order valence-corrected chi connectivity index (χ4v) is 3.73. The number of ether oxygens (including phenoxy) is 2. The summed E-state index contributed by atoms with van der Waals surface area (Å²) in [6.45, 7) is 6.93. The van der Waals surface area contributed by atoms with Crippen LogP contribution < -0.4 is 0 Å². The number of methoxy groups -OCH3 is 1. The van der Waals surface area contributed by atoms with Crippen LogP contribution in [0.4, 0.5) is 0 Å². The highest BCUT2D eigenvalue weighted by Crippen LogP contribution is 2.18. The Morgan fingerprint density at radius 1 is 0.971 bits per heavy atom. The number of esters is 2. The molecule has 0 atom stereocenters. The molecule has 0 unspecified atom stereocenters. The van der Waals surface area contributed by atoms with Crippen molar-refractivity contribution in [2.45, 2.75) is 104 Å². The Kier molecular flexibility index (Phi) is 16.1. The molecule has 0 fully saturated rings. The summed E-state index contributed by atoms with van der Waals surface area (Å²) in [6, 6.07) is 0. The topological polar surface area (TPSA) is 87.5 Å². The fraction of sp³-hybridized carbons (Fsp3) is 0.643. The average molecular weight is 489 g/mol. The second kappa shape index (κ2) is 18.6. The molecule has 0 radical (unpaired) electrons. The number of carbonyl (C=O) groups excluding carboxylic acids is 3. The molecule has 7 heteroatoms. The van der Waals surface area contributed by atoms with Gasteiger partial charge >= 0.3 is 11.9 Å². The lowest BCUT2D eigenvalue weighted by atomic mass is 10.1. The second-order valence-corrected chi connectivity index (χ2v) is 8.83. The Labute approximate surface area is 210 Å². The number of aryl methyl sites for hydroxylation is 1. The highest BCUT2D eigenvalue weighted by molar-refractivity contribution is 5.93. The molecule has 0 bridgehead atoms. The largest absolute Gasteiger partial charge is 0.469 e. The van der Waals surface area contributed by atoms with E-state index in [1.54, 1.807) is 6.08 Å². The number of aromatic nitrogens is 2.